The summed E-state index contributed by atoms with van der Waals surface area (Å²) in [5.41, 5.74) is 2.83. The van der Waals surface area contributed by atoms with Crippen LogP contribution in [0.4, 0.5) is 0 Å². The number of piperidine rings is 1. The van der Waals surface area contributed by atoms with Crippen LogP contribution in [0.2, 0.25) is 0 Å². The Morgan fingerprint density at radius 2 is 1.95 bits per heavy atom. The van der Waals surface area contributed by atoms with Crippen LogP contribution in [0.5, 0.6) is 0 Å². The summed E-state index contributed by atoms with van der Waals surface area (Å²) < 4.78 is 0. The van der Waals surface area contributed by atoms with Gasteiger partial charge in [0.25, 0.3) is 0 Å². The van der Waals surface area contributed by atoms with E-state index in [9.17, 15) is 0 Å². The van der Waals surface area contributed by atoms with Gasteiger partial charge in [0.05, 0.1) is 0 Å². The van der Waals surface area contributed by atoms with Gasteiger partial charge in [-0.2, -0.15) is 0 Å². The predicted octanol–water partition coefficient (Wildman–Crippen LogP) is 2.11. The Balaban J connectivity index is 1.42. The highest BCUT2D eigenvalue weighted by Crippen LogP contribution is 2.15. The SMILES string of the molecule is Cc1cccc(CN2CCN(C[C@@H]3CCCNC3)CC2)c1. The fourth-order valence-electron chi connectivity index (χ4n) is 3.64. The molecule has 0 spiro atoms. The molecule has 1 atom stereocenters. The highest BCUT2D eigenvalue weighted by atomic mass is 15.3. The molecule has 3 nitrogen and oxygen atoms in total. The van der Waals surface area contributed by atoms with Crippen molar-refractivity contribution in [1.82, 2.24) is 15.1 Å². The Bertz CT molecular complexity index is 432. The summed E-state index contributed by atoms with van der Waals surface area (Å²) in [5, 5.41) is 3.53. The number of nitrogens with zero attached hydrogens (tertiary/aromatic N) is 2. The molecule has 0 aromatic heterocycles. The molecule has 0 aliphatic carbocycles. The number of aryl methyl sites for hydroxylation is 1. The highest BCUT2D eigenvalue weighted by molar-refractivity contribution is 5.22. The van der Waals surface area contributed by atoms with Gasteiger partial charge in [0.2, 0.25) is 0 Å². The van der Waals surface area contributed by atoms with Crippen molar-refractivity contribution >= 4 is 0 Å². The fraction of sp³-hybridized carbons (Fsp3) is 0.667. The largest absolute Gasteiger partial charge is 0.316 e. The van der Waals surface area contributed by atoms with Crippen molar-refractivity contribution in [1.29, 1.82) is 0 Å². The zero-order chi connectivity index (χ0) is 14.5. The molecule has 2 saturated heterocycles. The van der Waals surface area contributed by atoms with E-state index < -0.39 is 0 Å². The van der Waals surface area contributed by atoms with E-state index in [4.69, 9.17) is 0 Å². The van der Waals surface area contributed by atoms with E-state index in [1.165, 1.54) is 69.8 Å². The molecule has 2 aliphatic heterocycles. The molecule has 0 radical (unpaired) electrons. The Kier molecular flexibility index (Phi) is 5.28. The summed E-state index contributed by atoms with van der Waals surface area (Å²) in [6.07, 6.45) is 2.77. The first-order valence-corrected chi connectivity index (χ1v) is 8.50. The van der Waals surface area contributed by atoms with Crippen molar-refractivity contribution in [2.24, 2.45) is 5.92 Å². The third-order valence-corrected chi connectivity index (χ3v) is 4.87. The molecule has 1 N–H and O–H groups in total. The second-order valence-corrected chi connectivity index (χ2v) is 6.78. The molecule has 1 aromatic rings. The van der Waals surface area contributed by atoms with Crippen LogP contribution < -0.4 is 5.32 Å². The average Bonchev–Trinajstić information content (AvgIpc) is 2.50. The minimum atomic E-state index is 0.877. The van der Waals surface area contributed by atoms with E-state index in [-0.39, 0.29) is 0 Å². The van der Waals surface area contributed by atoms with Gasteiger partial charge < -0.3 is 10.2 Å². The van der Waals surface area contributed by atoms with Crippen molar-refractivity contribution in [2.75, 3.05) is 45.8 Å². The standard InChI is InChI=1S/C18H29N3/c1-16-4-2-5-17(12-16)14-20-8-10-21(11-9-20)15-18-6-3-7-19-13-18/h2,4-5,12,18-19H,3,6-11,13-15H2,1H3/t18-/m1/s1. The Morgan fingerprint density at radius 1 is 1.14 bits per heavy atom. The predicted molar refractivity (Wildman–Crippen MR) is 88.5 cm³/mol. The van der Waals surface area contributed by atoms with Crippen molar-refractivity contribution in [3.05, 3.63) is 35.4 Å². The molecule has 2 aliphatic rings. The molecule has 0 amide bonds. The van der Waals surface area contributed by atoms with Crippen LogP contribution in [0.3, 0.4) is 0 Å². The van der Waals surface area contributed by atoms with Gasteiger partial charge in [-0.3, -0.25) is 4.90 Å². The molecule has 2 heterocycles. The topological polar surface area (TPSA) is 18.5 Å². The van der Waals surface area contributed by atoms with Crippen LogP contribution in [0.25, 0.3) is 0 Å². The quantitative estimate of drug-likeness (QED) is 0.915. The van der Waals surface area contributed by atoms with E-state index in [2.05, 4.69) is 46.3 Å². The zero-order valence-electron chi connectivity index (χ0n) is 13.4. The average molecular weight is 287 g/mol. The van der Waals surface area contributed by atoms with E-state index in [1.54, 1.807) is 0 Å². The van der Waals surface area contributed by atoms with Crippen molar-refractivity contribution in [2.45, 2.75) is 26.3 Å². The summed E-state index contributed by atoms with van der Waals surface area (Å²) in [6.45, 7) is 11.9. The lowest BCUT2D eigenvalue weighted by molar-refractivity contribution is 0.108. The maximum Gasteiger partial charge on any atom is 0.0234 e. The van der Waals surface area contributed by atoms with Gasteiger partial charge >= 0.3 is 0 Å². The molecule has 3 heteroatoms. The Morgan fingerprint density at radius 3 is 2.67 bits per heavy atom. The third-order valence-electron chi connectivity index (χ3n) is 4.87. The summed E-state index contributed by atoms with van der Waals surface area (Å²) in [6, 6.07) is 8.93. The van der Waals surface area contributed by atoms with Gasteiger partial charge in [-0.1, -0.05) is 29.8 Å². The Hall–Kier alpha value is -0.900. The zero-order valence-corrected chi connectivity index (χ0v) is 13.4. The second kappa shape index (κ2) is 7.39. The number of rotatable bonds is 4. The van der Waals surface area contributed by atoms with Crippen LogP contribution in [0.15, 0.2) is 24.3 Å². The summed E-state index contributed by atoms with van der Waals surface area (Å²) >= 11 is 0. The maximum atomic E-state index is 3.53. The highest BCUT2D eigenvalue weighted by Gasteiger charge is 2.21. The van der Waals surface area contributed by atoms with Crippen molar-refractivity contribution < 1.29 is 0 Å². The van der Waals surface area contributed by atoms with Gasteiger partial charge in [-0.05, 0) is 44.3 Å². The van der Waals surface area contributed by atoms with Crippen LogP contribution >= 0.6 is 0 Å². The minimum absolute atomic E-state index is 0.877. The lowest BCUT2D eigenvalue weighted by atomic mass is 9.99. The van der Waals surface area contributed by atoms with Crippen molar-refractivity contribution in [3.63, 3.8) is 0 Å². The molecule has 3 rings (SSSR count). The molecule has 0 bridgehead atoms. The lowest BCUT2D eigenvalue weighted by Crippen LogP contribution is -2.48. The number of piperazine rings is 1. The normalized spacial score (nSPS) is 25.1. The van der Waals surface area contributed by atoms with E-state index in [0.717, 1.165) is 12.5 Å². The molecule has 1 aromatic carbocycles. The van der Waals surface area contributed by atoms with Crippen LogP contribution in [0, 0.1) is 12.8 Å². The van der Waals surface area contributed by atoms with Crippen molar-refractivity contribution in [3.8, 4) is 0 Å². The first-order chi connectivity index (χ1) is 10.3. The summed E-state index contributed by atoms with van der Waals surface area (Å²) in [7, 11) is 0. The summed E-state index contributed by atoms with van der Waals surface area (Å²) in [5.74, 6) is 0.877. The van der Waals surface area contributed by atoms with E-state index in [0.29, 0.717) is 0 Å². The summed E-state index contributed by atoms with van der Waals surface area (Å²) in [4.78, 5) is 5.27. The maximum absolute atomic E-state index is 3.53. The molecular weight excluding hydrogens is 258 g/mol. The number of benzene rings is 1. The monoisotopic (exact) mass is 287 g/mol. The van der Waals surface area contributed by atoms with Crippen LogP contribution in [-0.4, -0.2) is 55.6 Å². The number of hydrogen-bond acceptors (Lipinski definition) is 3. The number of hydrogen-bond donors (Lipinski definition) is 1. The van der Waals surface area contributed by atoms with Gasteiger partial charge in [0, 0.05) is 39.3 Å². The molecular formula is C18H29N3. The smallest absolute Gasteiger partial charge is 0.0234 e. The van der Waals surface area contributed by atoms with E-state index >= 15 is 0 Å². The van der Waals surface area contributed by atoms with Gasteiger partial charge in [0.15, 0.2) is 0 Å². The fourth-order valence-corrected chi connectivity index (χ4v) is 3.64. The van der Waals surface area contributed by atoms with Gasteiger partial charge in [-0.25, -0.2) is 0 Å². The molecule has 0 saturated carbocycles. The Labute approximate surface area is 129 Å². The van der Waals surface area contributed by atoms with Crippen LogP contribution in [-0.2, 0) is 6.54 Å². The second-order valence-electron chi connectivity index (χ2n) is 6.78. The van der Waals surface area contributed by atoms with Crippen LogP contribution in [0.1, 0.15) is 24.0 Å². The first-order valence-electron chi connectivity index (χ1n) is 8.50. The van der Waals surface area contributed by atoms with E-state index in [1.807, 2.05) is 0 Å². The lowest BCUT2D eigenvalue weighted by Gasteiger charge is -2.37. The third kappa shape index (κ3) is 4.53. The number of nitrogens with one attached hydrogen (secondary N) is 1. The minimum Gasteiger partial charge on any atom is -0.316 e. The van der Waals surface area contributed by atoms with Gasteiger partial charge in [0.1, 0.15) is 0 Å². The first kappa shape index (κ1) is 15.0. The molecule has 2 fully saturated rings. The molecule has 0 unspecified atom stereocenters. The molecule has 21 heavy (non-hydrogen) atoms. The molecule has 116 valence electrons. The van der Waals surface area contributed by atoms with Gasteiger partial charge in [-0.15, -0.1) is 0 Å².